The zero-order valence-electron chi connectivity index (χ0n) is 7.34. The number of aromatic nitrogens is 3. The zero-order chi connectivity index (χ0) is 10.1. The van der Waals surface area contributed by atoms with Gasteiger partial charge in [0.15, 0.2) is 5.65 Å². The summed E-state index contributed by atoms with van der Waals surface area (Å²) in [6, 6.07) is 3.53. The fourth-order valence-corrected chi connectivity index (χ4v) is 1.29. The number of rotatable bonds is 2. The summed E-state index contributed by atoms with van der Waals surface area (Å²) in [6.45, 7) is -0.000648. The Morgan fingerprint density at radius 3 is 3.07 bits per heavy atom. The van der Waals surface area contributed by atoms with E-state index in [4.69, 9.17) is 11.5 Å². The number of carbonyl (C=O) groups is 1. The van der Waals surface area contributed by atoms with Crippen molar-refractivity contribution in [1.82, 2.24) is 14.5 Å². The first-order valence-corrected chi connectivity index (χ1v) is 4.03. The molecule has 6 nitrogen and oxygen atoms in total. The van der Waals surface area contributed by atoms with E-state index in [2.05, 4.69) is 9.97 Å². The molecule has 1 amide bonds. The molecule has 0 radical (unpaired) electrons. The molecule has 6 heteroatoms. The lowest BCUT2D eigenvalue weighted by Gasteiger charge is -2.00. The van der Waals surface area contributed by atoms with Gasteiger partial charge in [0.05, 0.1) is 0 Å². The second-order valence-electron chi connectivity index (χ2n) is 2.87. The summed E-state index contributed by atoms with van der Waals surface area (Å²) in [6.07, 6.45) is 1.61. The summed E-state index contributed by atoms with van der Waals surface area (Å²) in [5.74, 6) is -0.223. The molecule has 0 aliphatic heterocycles. The van der Waals surface area contributed by atoms with Gasteiger partial charge in [0.25, 0.3) is 0 Å². The predicted molar refractivity (Wildman–Crippen MR) is 51.1 cm³/mol. The number of nitrogens with zero attached hydrogens (tertiary/aromatic N) is 3. The molecule has 0 spiro atoms. The Kier molecular flexibility index (Phi) is 1.81. The van der Waals surface area contributed by atoms with E-state index in [0.717, 1.165) is 0 Å². The maximum Gasteiger partial charge on any atom is 0.237 e. The zero-order valence-corrected chi connectivity index (χ0v) is 7.34. The molecule has 0 fully saturated rings. The van der Waals surface area contributed by atoms with Crippen LogP contribution < -0.4 is 11.5 Å². The first-order valence-electron chi connectivity index (χ1n) is 4.03. The molecule has 0 atom stereocenters. The average Bonchev–Trinajstić information content (AvgIpc) is 2.43. The lowest BCUT2D eigenvalue weighted by molar-refractivity contribution is -0.118. The minimum atomic E-state index is -0.471. The number of nitrogen functional groups attached to an aromatic ring is 1. The van der Waals surface area contributed by atoms with Crippen molar-refractivity contribution in [3.63, 3.8) is 0 Å². The van der Waals surface area contributed by atoms with Crippen LogP contribution in [0.3, 0.4) is 0 Å². The van der Waals surface area contributed by atoms with E-state index in [0.29, 0.717) is 11.2 Å². The van der Waals surface area contributed by atoms with Crippen LogP contribution in [0.2, 0.25) is 0 Å². The van der Waals surface area contributed by atoms with Gasteiger partial charge >= 0.3 is 0 Å². The van der Waals surface area contributed by atoms with Gasteiger partial charge in [-0.2, -0.15) is 0 Å². The smallest absolute Gasteiger partial charge is 0.237 e. The third-order valence-corrected chi connectivity index (χ3v) is 1.85. The van der Waals surface area contributed by atoms with Crippen molar-refractivity contribution >= 4 is 23.0 Å². The van der Waals surface area contributed by atoms with Gasteiger partial charge in [-0.25, -0.2) is 9.97 Å². The standard InChI is InChI=1S/C8H9N5O/c9-6(14)4-13-7-5(12-8(13)10)2-1-3-11-7/h1-3H,4H2,(H2,9,14)(H2,10,12). The number of imidazole rings is 1. The lowest BCUT2D eigenvalue weighted by atomic mass is 10.4. The van der Waals surface area contributed by atoms with Gasteiger partial charge in [-0.1, -0.05) is 0 Å². The molecule has 72 valence electrons. The number of carbonyl (C=O) groups excluding carboxylic acids is 1. The number of primary amides is 1. The maximum absolute atomic E-state index is 10.8. The molecule has 4 N–H and O–H groups in total. The highest BCUT2D eigenvalue weighted by Crippen LogP contribution is 2.13. The van der Waals surface area contributed by atoms with Crippen molar-refractivity contribution in [2.24, 2.45) is 5.73 Å². The van der Waals surface area contributed by atoms with E-state index < -0.39 is 5.91 Å². The molecule has 2 aromatic rings. The van der Waals surface area contributed by atoms with E-state index in [-0.39, 0.29) is 12.5 Å². The highest BCUT2D eigenvalue weighted by atomic mass is 16.1. The second kappa shape index (κ2) is 2.99. The Morgan fingerprint density at radius 1 is 1.57 bits per heavy atom. The van der Waals surface area contributed by atoms with Crippen LogP contribution in [0.5, 0.6) is 0 Å². The molecular formula is C8H9N5O. The van der Waals surface area contributed by atoms with E-state index in [1.54, 1.807) is 18.3 Å². The van der Waals surface area contributed by atoms with Gasteiger partial charge in [-0.05, 0) is 12.1 Å². The summed E-state index contributed by atoms with van der Waals surface area (Å²) < 4.78 is 1.48. The molecule has 0 saturated carbocycles. The van der Waals surface area contributed by atoms with Gasteiger partial charge in [-0.3, -0.25) is 9.36 Å². The molecule has 0 bridgehead atoms. The summed E-state index contributed by atoms with van der Waals surface area (Å²) in [5.41, 5.74) is 11.9. The Bertz CT molecular complexity index is 489. The quantitative estimate of drug-likeness (QED) is 0.668. The molecule has 14 heavy (non-hydrogen) atoms. The third-order valence-electron chi connectivity index (χ3n) is 1.85. The normalized spacial score (nSPS) is 10.6. The van der Waals surface area contributed by atoms with Crippen LogP contribution in [0.25, 0.3) is 11.2 Å². The van der Waals surface area contributed by atoms with Gasteiger partial charge in [0, 0.05) is 6.20 Å². The average molecular weight is 191 g/mol. The van der Waals surface area contributed by atoms with Gasteiger partial charge in [0.2, 0.25) is 11.9 Å². The van der Waals surface area contributed by atoms with Crippen LogP contribution in [0.4, 0.5) is 5.95 Å². The second-order valence-corrected chi connectivity index (χ2v) is 2.87. The number of nitrogens with two attached hydrogens (primary N) is 2. The number of hydrogen-bond acceptors (Lipinski definition) is 4. The van der Waals surface area contributed by atoms with Crippen molar-refractivity contribution in [3.8, 4) is 0 Å². The van der Waals surface area contributed by atoms with Gasteiger partial charge in [-0.15, -0.1) is 0 Å². The summed E-state index contributed by atoms with van der Waals surface area (Å²) in [5, 5.41) is 0. The molecule has 0 unspecified atom stereocenters. The Hall–Kier alpha value is -2.11. The molecule has 0 aromatic carbocycles. The Balaban J connectivity index is 2.62. The minimum absolute atomic E-state index is 0.000648. The molecule has 0 aliphatic carbocycles. The van der Waals surface area contributed by atoms with Crippen LogP contribution in [-0.4, -0.2) is 20.4 Å². The number of amides is 1. The first kappa shape index (κ1) is 8.49. The summed E-state index contributed by atoms with van der Waals surface area (Å²) in [7, 11) is 0. The fraction of sp³-hybridized carbons (Fsp3) is 0.125. The van der Waals surface area contributed by atoms with Crippen LogP contribution in [0, 0.1) is 0 Å². The molecule has 2 rings (SSSR count). The minimum Gasteiger partial charge on any atom is -0.369 e. The van der Waals surface area contributed by atoms with E-state index in [9.17, 15) is 4.79 Å². The number of fused-ring (bicyclic) bond motifs is 1. The van der Waals surface area contributed by atoms with Crippen molar-refractivity contribution < 1.29 is 4.79 Å². The highest BCUT2D eigenvalue weighted by molar-refractivity contribution is 5.79. The van der Waals surface area contributed by atoms with Crippen LogP contribution in [0.15, 0.2) is 18.3 Å². The monoisotopic (exact) mass is 191 g/mol. The van der Waals surface area contributed by atoms with Crippen molar-refractivity contribution in [3.05, 3.63) is 18.3 Å². The topological polar surface area (TPSA) is 99.8 Å². The van der Waals surface area contributed by atoms with Crippen LogP contribution >= 0.6 is 0 Å². The summed E-state index contributed by atoms with van der Waals surface area (Å²) in [4.78, 5) is 18.9. The number of anilines is 1. The van der Waals surface area contributed by atoms with E-state index >= 15 is 0 Å². The largest absolute Gasteiger partial charge is 0.369 e. The van der Waals surface area contributed by atoms with Crippen LogP contribution in [-0.2, 0) is 11.3 Å². The van der Waals surface area contributed by atoms with Crippen LogP contribution in [0.1, 0.15) is 0 Å². The SMILES string of the molecule is NC(=O)Cn1c(N)nc2cccnc21. The molecular weight excluding hydrogens is 182 g/mol. The molecule has 0 saturated heterocycles. The van der Waals surface area contributed by atoms with E-state index in [1.165, 1.54) is 4.57 Å². The lowest BCUT2D eigenvalue weighted by Crippen LogP contribution is -2.20. The fourth-order valence-electron chi connectivity index (χ4n) is 1.29. The van der Waals surface area contributed by atoms with Gasteiger partial charge < -0.3 is 11.5 Å². The Labute approximate surface area is 79.5 Å². The highest BCUT2D eigenvalue weighted by Gasteiger charge is 2.09. The summed E-state index contributed by atoms with van der Waals surface area (Å²) >= 11 is 0. The van der Waals surface area contributed by atoms with Crippen molar-refractivity contribution in [2.45, 2.75) is 6.54 Å². The Morgan fingerprint density at radius 2 is 2.36 bits per heavy atom. The van der Waals surface area contributed by atoms with Crippen molar-refractivity contribution in [2.75, 3.05) is 5.73 Å². The first-order chi connectivity index (χ1) is 6.68. The molecule has 2 aromatic heterocycles. The van der Waals surface area contributed by atoms with Crippen molar-refractivity contribution in [1.29, 1.82) is 0 Å². The predicted octanol–water partition coefficient (Wildman–Crippen LogP) is -0.501. The molecule has 0 aliphatic rings. The number of pyridine rings is 1. The van der Waals surface area contributed by atoms with E-state index in [1.807, 2.05) is 0 Å². The number of hydrogen-bond donors (Lipinski definition) is 2. The maximum atomic E-state index is 10.8. The molecule has 2 heterocycles. The third kappa shape index (κ3) is 1.26. The van der Waals surface area contributed by atoms with Gasteiger partial charge in [0.1, 0.15) is 12.1 Å².